The lowest BCUT2D eigenvalue weighted by Crippen LogP contribution is -2.45. The van der Waals surface area contributed by atoms with Crippen LogP contribution in [0.1, 0.15) is 51.2 Å². The second-order valence-corrected chi connectivity index (χ2v) is 10.4. The number of ether oxygens (including phenoxy) is 1. The predicted molar refractivity (Wildman–Crippen MR) is 122 cm³/mol. The SMILES string of the molecule is CC(C)(C)OC(=O)NCCCN1CCC2(CC1)c1ccccc1Sc1ccccc12. The molecule has 1 saturated heterocycles. The average molecular weight is 425 g/mol. The molecule has 4 rings (SSSR count). The van der Waals surface area contributed by atoms with Crippen molar-refractivity contribution in [1.29, 1.82) is 0 Å². The maximum absolute atomic E-state index is 11.8. The number of nitrogens with zero attached hydrogens (tertiary/aromatic N) is 1. The molecule has 0 saturated carbocycles. The van der Waals surface area contributed by atoms with E-state index in [1.165, 1.54) is 20.9 Å². The number of alkyl carbamates (subject to hydrolysis) is 1. The highest BCUT2D eigenvalue weighted by atomic mass is 32.2. The van der Waals surface area contributed by atoms with Gasteiger partial charge in [-0.1, -0.05) is 48.2 Å². The summed E-state index contributed by atoms with van der Waals surface area (Å²) in [5.74, 6) is 0. The van der Waals surface area contributed by atoms with E-state index in [4.69, 9.17) is 4.74 Å². The third-order valence-corrected chi connectivity index (χ3v) is 7.21. The minimum atomic E-state index is -0.448. The molecular weight excluding hydrogens is 392 g/mol. The minimum absolute atomic E-state index is 0.129. The van der Waals surface area contributed by atoms with Crippen molar-refractivity contribution in [3.8, 4) is 0 Å². The van der Waals surface area contributed by atoms with Crippen LogP contribution in [0.25, 0.3) is 0 Å². The van der Waals surface area contributed by atoms with Crippen molar-refractivity contribution in [1.82, 2.24) is 10.2 Å². The maximum atomic E-state index is 11.8. The first kappa shape index (κ1) is 21.3. The second-order valence-electron chi connectivity index (χ2n) is 9.30. The topological polar surface area (TPSA) is 41.6 Å². The lowest BCUT2D eigenvalue weighted by Gasteiger charge is -2.46. The summed E-state index contributed by atoms with van der Waals surface area (Å²) < 4.78 is 5.31. The molecule has 1 fully saturated rings. The largest absolute Gasteiger partial charge is 0.444 e. The van der Waals surface area contributed by atoms with Gasteiger partial charge in [-0.2, -0.15) is 0 Å². The summed E-state index contributed by atoms with van der Waals surface area (Å²) in [5, 5.41) is 2.87. The zero-order valence-electron chi connectivity index (χ0n) is 18.2. The van der Waals surface area contributed by atoms with Crippen LogP contribution in [0, 0.1) is 0 Å². The molecule has 2 heterocycles. The van der Waals surface area contributed by atoms with Crippen molar-refractivity contribution >= 4 is 17.9 Å². The van der Waals surface area contributed by atoms with Crippen molar-refractivity contribution < 1.29 is 9.53 Å². The van der Waals surface area contributed by atoms with E-state index < -0.39 is 5.60 Å². The molecule has 1 N–H and O–H groups in total. The Morgan fingerprint density at radius 2 is 1.60 bits per heavy atom. The van der Waals surface area contributed by atoms with E-state index in [0.717, 1.165) is 38.9 Å². The molecule has 0 unspecified atom stereocenters. The Labute approximate surface area is 184 Å². The molecule has 30 heavy (non-hydrogen) atoms. The van der Waals surface area contributed by atoms with Gasteiger partial charge in [-0.05, 0) is 82.9 Å². The van der Waals surface area contributed by atoms with Gasteiger partial charge in [0.15, 0.2) is 0 Å². The zero-order chi connectivity index (χ0) is 21.2. The van der Waals surface area contributed by atoms with Crippen LogP contribution in [0.5, 0.6) is 0 Å². The molecule has 2 aliphatic rings. The summed E-state index contributed by atoms with van der Waals surface area (Å²) in [6.45, 7) is 9.48. The number of hydrogen-bond donors (Lipinski definition) is 1. The van der Waals surface area contributed by atoms with Gasteiger partial charge in [-0.15, -0.1) is 0 Å². The maximum Gasteiger partial charge on any atom is 0.407 e. The van der Waals surface area contributed by atoms with Gasteiger partial charge >= 0.3 is 6.09 Å². The number of likely N-dealkylation sites (tertiary alicyclic amines) is 1. The number of benzene rings is 2. The number of fused-ring (bicyclic) bond motifs is 4. The van der Waals surface area contributed by atoms with E-state index in [2.05, 4.69) is 58.7 Å². The van der Waals surface area contributed by atoms with Crippen LogP contribution < -0.4 is 5.32 Å². The van der Waals surface area contributed by atoms with Gasteiger partial charge in [-0.3, -0.25) is 0 Å². The molecule has 0 atom stereocenters. The number of nitrogens with one attached hydrogen (secondary N) is 1. The summed E-state index contributed by atoms with van der Waals surface area (Å²) in [7, 11) is 0. The summed E-state index contributed by atoms with van der Waals surface area (Å²) in [6, 6.07) is 17.9. The fourth-order valence-corrected chi connectivity index (χ4v) is 5.95. The molecule has 4 nitrogen and oxygen atoms in total. The first-order chi connectivity index (χ1) is 14.4. The Morgan fingerprint density at radius 3 is 2.17 bits per heavy atom. The lowest BCUT2D eigenvalue weighted by molar-refractivity contribution is 0.0525. The summed E-state index contributed by atoms with van der Waals surface area (Å²) in [4.78, 5) is 17.2. The molecular formula is C25H32N2O2S. The molecule has 2 aromatic rings. The lowest BCUT2D eigenvalue weighted by atomic mass is 9.67. The summed E-state index contributed by atoms with van der Waals surface area (Å²) >= 11 is 1.91. The van der Waals surface area contributed by atoms with Crippen LogP contribution >= 0.6 is 11.8 Å². The third-order valence-electron chi connectivity index (χ3n) is 6.05. The van der Waals surface area contributed by atoms with Crippen LogP contribution in [0.3, 0.4) is 0 Å². The predicted octanol–water partition coefficient (Wildman–Crippen LogP) is 5.45. The second kappa shape index (κ2) is 8.64. The van der Waals surface area contributed by atoms with E-state index in [1.54, 1.807) is 0 Å². The molecule has 5 heteroatoms. The van der Waals surface area contributed by atoms with Crippen LogP contribution in [0.4, 0.5) is 4.79 Å². The van der Waals surface area contributed by atoms with E-state index in [0.29, 0.717) is 6.54 Å². The first-order valence-electron chi connectivity index (χ1n) is 10.9. The highest BCUT2D eigenvalue weighted by molar-refractivity contribution is 7.99. The van der Waals surface area contributed by atoms with Crippen molar-refractivity contribution in [2.45, 2.75) is 60.8 Å². The van der Waals surface area contributed by atoms with Gasteiger partial charge < -0.3 is 15.0 Å². The molecule has 0 aromatic heterocycles. The number of carbonyl (C=O) groups is 1. The summed E-state index contributed by atoms with van der Waals surface area (Å²) in [5.41, 5.74) is 2.68. The minimum Gasteiger partial charge on any atom is -0.444 e. The van der Waals surface area contributed by atoms with Gasteiger partial charge in [0.05, 0.1) is 0 Å². The Bertz CT molecular complexity index is 851. The number of amides is 1. The molecule has 0 bridgehead atoms. The number of carbonyl (C=O) groups excluding carboxylic acids is 1. The Kier molecular flexibility index (Phi) is 6.12. The first-order valence-corrected chi connectivity index (χ1v) is 11.8. The van der Waals surface area contributed by atoms with E-state index in [1.807, 2.05) is 32.5 Å². The standard InChI is InChI=1S/C25H32N2O2S/c1-24(2,3)29-23(28)26-15-8-16-27-17-13-25(14-18-27)19-9-4-6-11-21(19)30-22-12-7-5-10-20(22)25/h4-7,9-12H,8,13-18H2,1-3H3,(H,26,28). The van der Waals surface area contributed by atoms with Crippen LogP contribution in [0.15, 0.2) is 58.3 Å². The molecule has 160 valence electrons. The monoisotopic (exact) mass is 424 g/mol. The van der Waals surface area contributed by atoms with Crippen molar-refractivity contribution in [2.24, 2.45) is 0 Å². The van der Waals surface area contributed by atoms with E-state index in [-0.39, 0.29) is 11.5 Å². The highest BCUT2D eigenvalue weighted by Gasteiger charge is 2.42. The van der Waals surface area contributed by atoms with Crippen LogP contribution in [0.2, 0.25) is 0 Å². The molecule has 1 amide bonds. The molecule has 2 aromatic carbocycles. The molecule has 1 spiro atoms. The molecule has 0 aliphatic carbocycles. The van der Waals surface area contributed by atoms with Gasteiger partial charge in [0.1, 0.15) is 5.60 Å². The summed E-state index contributed by atoms with van der Waals surface area (Å²) in [6.07, 6.45) is 2.89. The fourth-order valence-electron chi connectivity index (χ4n) is 4.67. The molecule has 0 radical (unpaired) electrons. The number of rotatable bonds is 4. The smallest absolute Gasteiger partial charge is 0.407 e. The Morgan fingerprint density at radius 1 is 1.03 bits per heavy atom. The number of piperidine rings is 1. The normalized spacial score (nSPS) is 17.8. The van der Waals surface area contributed by atoms with Gasteiger partial charge in [0, 0.05) is 21.8 Å². The molecule has 2 aliphatic heterocycles. The van der Waals surface area contributed by atoms with E-state index >= 15 is 0 Å². The third kappa shape index (κ3) is 4.52. The average Bonchev–Trinajstić information content (AvgIpc) is 2.71. The Hall–Kier alpha value is -1.98. The van der Waals surface area contributed by atoms with Gasteiger partial charge in [0.2, 0.25) is 0 Å². The highest BCUT2D eigenvalue weighted by Crippen LogP contribution is 2.53. The van der Waals surface area contributed by atoms with Crippen LogP contribution in [-0.2, 0) is 10.2 Å². The van der Waals surface area contributed by atoms with E-state index in [9.17, 15) is 4.79 Å². The fraction of sp³-hybridized carbons (Fsp3) is 0.480. The quantitative estimate of drug-likeness (QED) is 0.663. The van der Waals surface area contributed by atoms with Crippen molar-refractivity contribution in [2.75, 3.05) is 26.2 Å². The van der Waals surface area contributed by atoms with Crippen LogP contribution in [-0.4, -0.2) is 42.8 Å². The number of hydrogen-bond acceptors (Lipinski definition) is 4. The Balaban J connectivity index is 1.36. The zero-order valence-corrected chi connectivity index (χ0v) is 19.1. The van der Waals surface area contributed by atoms with Crippen molar-refractivity contribution in [3.63, 3.8) is 0 Å². The van der Waals surface area contributed by atoms with Gasteiger partial charge in [-0.25, -0.2) is 4.79 Å². The van der Waals surface area contributed by atoms with Crippen molar-refractivity contribution in [3.05, 3.63) is 59.7 Å². The van der Waals surface area contributed by atoms with Gasteiger partial charge in [0.25, 0.3) is 0 Å².